The zero-order chi connectivity index (χ0) is 22.8. The Hall–Kier alpha value is -2.87. The van der Waals surface area contributed by atoms with Gasteiger partial charge in [0.2, 0.25) is 0 Å². The van der Waals surface area contributed by atoms with Gasteiger partial charge in [-0.2, -0.15) is 0 Å². The molecule has 8 heteroatoms. The van der Waals surface area contributed by atoms with Crippen LogP contribution in [0.4, 0.5) is 0 Å². The Bertz CT molecular complexity index is 1220. The molecular formula is C24H18ClNO4S2. The molecule has 5 nitrogen and oxygen atoms in total. The fourth-order valence-corrected chi connectivity index (χ4v) is 4.92. The van der Waals surface area contributed by atoms with Crippen LogP contribution in [0.5, 0.6) is 5.75 Å². The molecule has 1 amide bonds. The van der Waals surface area contributed by atoms with Gasteiger partial charge in [-0.25, -0.2) is 4.79 Å². The third kappa shape index (κ3) is 4.65. The van der Waals surface area contributed by atoms with Crippen LogP contribution in [0.1, 0.15) is 27.9 Å². The van der Waals surface area contributed by atoms with Gasteiger partial charge in [0, 0.05) is 0 Å². The number of allylic oxidation sites excluding steroid dienone is 5. The zero-order valence-corrected chi connectivity index (χ0v) is 19.4. The number of rotatable bonds is 6. The van der Waals surface area contributed by atoms with Crippen LogP contribution >= 0.6 is 35.6 Å². The van der Waals surface area contributed by atoms with Crippen LogP contribution in [-0.2, 0) is 11.3 Å². The van der Waals surface area contributed by atoms with Crippen molar-refractivity contribution in [3.05, 3.63) is 92.9 Å². The second kappa shape index (κ2) is 9.32. The molecule has 2 aliphatic rings. The summed E-state index contributed by atoms with van der Waals surface area (Å²) in [5.74, 6) is -0.430. The molecular weight excluding hydrogens is 466 g/mol. The molecule has 0 radical (unpaired) electrons. The molecule has 1 fully saturated rings. The Kier molecular flexibility index (Phi) is 6.50. The molecule has 0 unspecified atom stereocenters. The highest BCUT2D eigenvalue weighted by atomic mass is 35.5. The van der Waals surface area contributed by atoms with Crippen LogP contribution in [0, 0.1) is 0 Å². The first-order chi connectivity index (χ1) is 15.4. The molecule has 1 aliphatic heterocycles. The Morgan fingerprint density at radius 2 is 2.00 bits per heavy atom. The lowest BCUT2D eigenvalue weighted by Gasteiger charge is -2.14. The van der Waals surface area contributed by atoms with Gasteiger partial charge in [-0.3, -0.25) is 9.69 Å². The normalized spacial score (nSPS) is 17.1. The minimum atomic E-state index is -1.07. The predicted octanol–water partition coefficient (Wildman–Crippen LogP) is 5.70. The lowest BCUT2D eigenvalue weighted by molar-refractivity contribution is -0.122. The molecule has 1 heterocycles. The molecule has 0 spiro atoms. The fourth-order valence-electron chi connectivity index (χ4n) is 3.45. The van der Waals surface area contributed by atoms with Crippen LogP contribution in [0.25, 0.3) is 5.57 Å². The van der Waals surface area contributed by atoms with E-state index in [1.165, 1.54) is 11.8 Å². The number of aromatic carboxylic acids is 1. The van der Waals surface area contributed by atoms with Crippen LogP contribution in [-0.4, -0.2) is 33.3 Å². The second-order valence-corrected chi connectivity index (χ2v) is 9.31. The van der Waals surface area contributed by atoms with E-state index in [-0.39, 0.29) is 16.5 Å². The fraction of sp³-hybridized carbons (Fsp3) is 0.125. The molecule has 4 rings (SSSR count). The molecule has 0 saturated carbocycles. The van der Waals surface area contributed by atoms with Crippen molar-refractivity contribution in [2.24, 2.45) is 0 Å². The van der Waals surface area contributed by atoms with Gasteiger partial charge in [-0.15, -0.1) is 0 Å². The monoisotopic (exact) mass is 483 g/mol. The number of carboxylic acids is 1. The Labute approximate surface area is 200 Å². The van der Waals surface area contributed by atoms with Crippen molar-refractivity contribution >= 4 is 57.4 Å². The average Bonchev–Trinajstić information content (AvgIpc) is 3.35. The summed E-state index contributed by atoms with van der Waals surface area (Å²) in [6.07, 6.45) is 6.30. The molecule has 2 aromatic rings. The lowest BCUT2D eigenvalue weighted by Crippen LogP contribution is -2.27. The smallest absolute Gasteiger partial charge is 0.337 e. The summed E-state index contributed by atoms with van der Waals surface area (Å²) in [7, 11) is 1.61. The van der Waals surface area contributed by atoms with Crippen LogP contribution in [0.15, 0.2) is 71.2 Å². The number of carboxylic acid groups (broad SMARTS) is 1. The standard InChI is InChI=1S/C24H18ClNO4S2/c1-30-18-7-3-14(4-8-18)13-26-22(27)21(32-24(26)31)11-15-2-5-16(10-15)17-6-9-20(25)19(12-17)23(28)29/h2-9,11-12H,10,13H2,1H3,(H,28,29)/b21-11-. The van der Waals surface area contributed by atoms with Gasteiger partial charge < -0.3 is 9.84 Å². The van der Waals surface area contributed by atoms with E-state index in [0.717, 1.165) is 28.0 Å². The van der Waals surface area contributed by atoms with Crippen molar-refractivity contribution in [2.45, 2.75) is 13.0 Å². The van der Waals surface area contributed by atoms with Crippen molar-refractivity contribution in [1.29, 1.82) is 0 Å². The molecule has 0 bridgehead atoms. The SMILES string of the molecule is COc1ccc(CN2C(=O)/C(=C/C3=CC=C(c4ccc(Cl)c(C(=O)O)c4)C3)SC2=S)cc1. The van der Waals surface area contributed by atoms with Crippen LogP contribution in [0.2, 0.25) is 5.02 Å². The first-order valence-corrected chi connectivity index (χ1v) is 11.3. The summed E-state index contributed by atoms with van der Waals surface area (Å²) in [4.78, 5) is 26.5. The summed E-state index contributed by atoms with van der Waals surface area (Å²) in [6.45, 7) is 0.400. The van der Waals surface area contributed by atoms with E-state index in [1.807, 2.05) is 42.5 Å². The van der Waals surface area contributed by atoms with E-state index in [4.69, 9.17) is 28.6 Å². The number of thioether (sulfide) groups is 1. The van der Waals surface area contributed by atoms with E-state index in [2.05, 4.69) is 0 Å². The first kappa shape index (κ1) is 22.3. The van der Waals surface area contributed by atoms with E-state index >= 15 is 0 Å². The highest BCUT2D eigenvalue weighted by Gasteiger charge is 2.32. The summed E-state index contributed by atoms with van der Waals surface area (Å²) in [5.41, 5.74) is 3.74. The van der Waals surface area contributed by atoms with Crippen molar-refractivity contribution in [2.75, 3.05) is 7.11 Å². The van der Waals surface area contributed by atoms with Gasteiger partial charge >= 0.3 is 5.97 Å². The molecule has 1 N–H and O–H groups in total. The Morgan fingerprint density at radius 1 is 1.25 bits per heavy atom. The third-order valence-corrected chi connectivity index (χ3v) is 6.86. The van der Waals surface area contributed by atoms with Gasteiger partial charge in [0.1, 0.15) is 10.1 Å². The summed E-state index contributed by atoms with van der Waals surface area (Å²) in [6, 6.07) is 12.5. The van der Waals surface area contributed by atoms with Crippen molar-refractivity contribution in [3.63, 3.8) is 0 Å². The number of amides is 1. The van der Waals surface area contributed by atoms with E-state index in [9.17, 15) is 14.7 Å². The number of ether oxygens (including phenoxy) is 1. The third-order valence-electron chi connectivity index (χ3n) is 5.15. The van der Waals surface area contributed by atoms with Gasteiger partial charge in [-0.1, -0.05) is 65.9 Å². The van der Waals surface area contributed by atoms with Crippen LogP contribution < -0.4 is 4.74 Å². The number of thiocarbonyl (C=S) groups is 1. The number of carbonyl (C=O) groups is 2. The number of carbonyl (C=O) groups excluding carboxylic acids is 1. The van der Waals surface area contributed by atoms with Gasteiger partial charge in [0.25, 0.3) is 5.91 Å². The van der Waals surface area contributed by atoms with Crippen molar-refractivity contribution < 1.29 is 19.4 Å². The summed E-state index contributed by atoms with van der Waals surface area (Å²) < 4.78 is 5.69. The number of hydrogen-bond donors (Lipinski definition) is 1. The second-order valence-electron chi connectivity index (χ2n) is 7.23. The van der Waals surface area contributed by atoms with Gasteiger partial charge in [0.15, 0.2) is 0 Å². The molecule has 2 aromatic carbocycles. The molecule has 32 heavy (non-hydrogen) atoms. The van der Waals surface area contributed by atoms with Crippen LogP contribution in [0.3, 0.4) is 0 Å². The first-order valence-electron chi connectivity index (χ1n) is 9.67. The number of hydrogen-bond acceptors (Lipinski definition) is 5. The van der Waals surface area contributed by atoms with Gasteiger partial charge in [0.05, 0.1) is 29.1 Å². The van der Waals surface area contributed by atoms with E-state index in [0.29, 0.717) is 22.2 Å². The zero-order valence-electron chi connectivity index (χ0n) is 17.0. The average molecular weight is 484 g/mol. The van der Waals surface area contributed by atoms with Gasteiger partial charge in [-0.05, 0) is 59.0 Å². The van der Waals surface area contributed by atoms with E-state index in [1.54, 1.807) is 30.2 Å². The maximum Gasteiger partial charge on any atom is 0.337 e. The maximum atomic E-state index is 12.9. The lowest BCUT2D eigenvalue weighted by atomic mass is 10.0. The minimum absolute atomic E-state index is 0.0675. The number of halogens is 1. The number of benzene rings is 2. The molecule has 1 saturated heterocycles. The Morgan fingerprint density at radius 3 is 2.69 bits per heavy atom. The molecule has 0 aromatic heterocycles. The Balaban J connectivity index is 1.45. The highest BCUT2D eigenvalue weighted by molar-refractivity contribution is 8.26. The summed E-state index contributed by atoms with van der Waals surface area (Å²) in [5, 5.41) is 9.50. The number of methoxy groups -OCH3 is 1. The topological polar surface area (TPSA) is 66.8 Å². The summed E-state index contributed by atoms with van der Waals surface area (Å²) >= 11 is 12.7. The highest BCUT2D eigenvalue weighted by Crippen LogP contribution is 2.36. The minimum Gasteiger partial charge on any atom is -0.497 e. The quantitative estimate of drug-likeness (QED) is 0.419. The molecule has 1 aliphatic carbocycles. The molecule has 162 valence electrons. The van der Waals surface area contributed by atoms with Crippen molar-refractivity contribution in [3.8, 4) is 5.75 Å². The number of nitrogens with zero attached hydrogens (tertiary/aromatic N) is 1. The van der Waals surface area contributed by atoms with E-state index < -0.39 is 5.97 Å². The largest absolute Gasteiger partial charge is 0.497 e. The molecule has 0 atom stereocenters. The van der Waals surface area contributed by atoms with Crippen molar-refractivity contribution in [1.82, 2.24) is 4.90 Å². The predicted molar refractivity (Wildman–Crippen MR) is 131 cm³/mol. The maximum absolute atomic E-state index is 12.9.